The number of hydrogen-bond acceptors (Lipinski definition) is 3. The first-order valence-electron chi connectivity index (χ1n) is 13.6. The largest absolute Gasteiger partial charge is 0.481 e. The van der Waals surface area contributed by atoms with Crippen LogP contribution < -0.4 is 0 Å². The lowest BCUT2D eigenvalue weighted by Gasteiger charge is -2.69. The van der Waals surface area contributed by atoms with Crippen molar-refractivity contribution in [3.8, 4) is 0 Å². The highest BCUT2D eigenvalue weighted by molar-refractivity contribution is 5.96. The van der Waals surface area contributed by atoms with Crippen molar-refractivity contribution in [1.29, 1.82) is 0 Å². The number of carbonyl (C=O) groups is 3. The quantitative estimate of drug-likeness (QED) is 0.469. The van der Waals surface area contributed by atoms with Crippen molar-refractivity contribution in [2.24, 2.45) is 50.2 Å². The van der Waals surface area contributed by atoms with Crippen molar-refractivity contribution in [2.75, 3.05) is 0 Å². The lowest BCUT2D eigenvalue weighted by Crippen LogP contribution is -2.66. The molecule has 0 heterocycles. The van der Waals surface area contributed by atoms with Crippen LogP contribution in [0.1, 0.15) is 106 Å². The number of allylic oxidation sites excluding steroid dienone is 2. The van der Waals surface area contributed by atoms with Gasteiger partial charge in [0.15, 0.2) is 5.78 Å². The van der Waals surface area contributed by atoms with E-state index in [9.17, 15) is 19.5 Å². The summed E-state index contributed by atoms with van der Waals surface area (Å²) in [6.07, 6.45) is 9.78. The second-order valence-electron chi connectivity index (χ2n) is 14.7. The number of carboxylic acids is 1. The van der Waals surface area contributed by atoms with E-state index in [2.05, 4.69) is 41.5 Å². The number of ketones is 2. The van der Waals surface area contributed by atoms with E-state index in [0.29, 0.717) is 18.6 Å². The van der Waals surface area contributed by atoms with Crippen molar-refractivity contribution in [2.45, 2.75) is 106 Å². The normalized spacial score (nSPS) is 52.0. The molecule has 4 saturated carbocycles. The summed E-state index contributed by atoms with van der Waals surface area (Å²) in [5, 5.41) is 10.0. The zero-order valence-electron chi connectivity index (χ0n) is 22.3. The Bertz CT molecular complexity index is 1010. The van der Waals surface area contributed by atoms with E-state index in [4.69, 9.17) is 0 Å². The molecule has 34 heavy (non-hydrogen) atoms. The van der Waals surface area contributed by atoms with Gasteiger partial charge in [-0.15, -0.1) is 0 Å². The Morgan fingerprint density at radius 2 is 1.56 bits per heavy atom. The highest BCUT2D eigenvalue weighted by Gasteiger charge is 2.70. The van der Waals surface area contributed by atoms with Crippen LogP contribution in [-0.4, -0.2) is 22.6 Å². The molecule has 4 unspecified atom stereocenters. The smallest absolute Gasteiger partial charge is 0.309 e. The summed E-state index contributed by atoms with van der Waals surface area (Å²) in [6.45, 7) is 15.5. The van der Waals surface area contributed by atoms with Gasteiger partial charge in [0, 0.05) is 17.8 Å². The minimum atomic E-state index is -0.721. The van der Waals surface area contributed by atoms with Gasteiger partial charge < -0.3 is 5.11 Å². The standard InChI is InChI=1S/C30H44O4/c1-25(2)21-8-11-30(7)23(28(21,5)10-9-22(25)32)20(31)16-18-19-17-27(4,24(33)34)13-12-26(19,3)14-15-29(18,30)6/h16,19,21,23H,8-15,17H2,1-7H3,(H,33,34)/t19?,21?,23?,26?,27-,28-,29+,30+/m0/s1. The summed E-state index contributed by atoms with van der Waals surface area (Å²) < 4.78 is 0. The van der Waals surface area contributed by atoms with Crippen LogP contribution in [0, 0.1) is 50.2 Å². The lowest BCUT2D eigenvalue weighted by atomic mass is 9.33. The molecule has 0 aromatic rings. The Morgan fingerprint density at radius 3 is 2.21 bits per heavy atom. The van der Waals surface area contributed by atoms with Gasteiger partial charge in [0.05, 0.1) is 5.41 Å². The topological polar surface area (TPSA) is 71.4 Å². The molecule has 5 aliphatic rings. The Kier molecular flexibility index (Phi) is 4.89. The number of carboxylic acid groups (broad SMARTS) is 1. The third kappa shape index (κ3) is 2.75. The molecule has 0 radical (unpaired) electrons. The van der Waals surface area contributed by atoms with Crippen LogP contribution in [0.25, 0.3) is 0 Å². The summed E-state index contributed by atoms with van der Waals surface area (Å²) >= 11 is 0. The number of carbonyl (C=O) groups excluding carboxylic acids is 2. The SMILES string of the molecule is CC12CC[C@](C)(C(=O)O)CC1C1=CC(=O)C3[C@@]4(C)CCC(=O)C(C)(C)C4CC[C@@]3(C)[C@]1(C)CC2. The zero-order chi connectivity index (χ0) is 25.1. The molecule has 0 spiro atoms. The minimum absolute atomic E-state index is 0.0707. The fourth-order valence-electron chi connectivity index (χ4n) is 10.2. The monoisotopic (exact) mass is 468 g/mol. The molecule has 0 saturated heterocycles. The third-order valence-corrected chi connectivity index (χ3v) is 12.8. The molecule has 4 fully saturated rings. The Hall–Kier alpha value is -1.45. The van der Waals surface area contributed by atoms with Gasteiger partial charge in [-0.1, -0.05) is 47.1 Å². The van der Waals surface area contributed by atoms with Crippen LogP contribution in [0.4, 0.5) is 0 Å². The summed E-state index contributed by atoms with van der Waals surface area (Å²) in [4.78, 5) is 39.3. The fourth-order valence-corrected chi connectivity index (χ4v) is 10.2. The second-order valence-corrected chi connectivity index (χ2v) is 14.7. The van der Waals surface area contributed by atoms with E-state index in [1.54, 1.807) is 0 Å². The molecule has 188 valence electrons. The first-order valence-corrected chi connectivity index (χ1v) is 13.6. The van der Waals surface area contributed by atoms with Crippen molar-refractivity contribution < 1.29 is 19.5 Å². The molecule has 0 amide bonds. The average Bonchev–Trinajstić information content (AvgIpc) is 2.73. The first kappa shape index (κ1) is 24.3. The van der Waals surface area contributed by atoms with Gasteiger partial charge in [0.2, 0.25) is 0 Å². The molecule has 5 aliphatic carbocycles. The van der Waals surface area contributed by atoms with E-state index in [0.717, 1.165) is 44.9 Å². The number of Topliss-reactive ketones (excluding diaryl/α,β-unsaturated/α-hetero) is 1. The van der Waals surface area contributed by atoms with E-state index in [-0.39, 0.29) is 50.6 Å². The van der Waals surface area contributed by atoms with E-state index >= 15 is 0 Å². The molecule has 0 bridgehead atoms. The van der Waals surface area contributed by atoms with Crippen molar-refractivity contribution in [3.63, 3.8) is 0 Å². The predicted molar refractivity (Wildman–Crippen MR) is 132 cm³/mol. The summed E-state index contributed by atoms with van der Waals surface area (Å²) in [6, 6.07) is 0. The zero-order valence-corrected chi connectivity index (χ0v) is 22.3. The van der Waals surface area contributed by atoms with Crippen molar-refractivity contribution in [3.05, 3.63) is 11.6 Å². The maximum atomic E-state index is 14.2. The molecule has 5 rings (SSSR count). The van der Waals surface area contributed by atoms with Gasteiger partial charge >= 0.3 is 5.97 Å². The summed E-state index contributed by atoms with van der Waals surface area (Å²) in [7, 11) is 0. The minimum Gasteiger partial charge on any atom is -0.481 e. The summed E-state index contributed by atoms with van der Waals surface area (Å²) in [5.41, 5.74) is -0.205. The van der Waals surface area contributed by atoms with Crippen LogP contribution in [0.15, 0.2) is 11.6 Å². The maximum absolute atomic E-state index is 14.2. The number of aliphatic carboxylic acids is 1. The molecular weight excluding hydrogens is 424 g/mol. The van der Waals surface area contributed by atoms with Crippen LogP contribution >= 0.6 is 0 Å². The second kappa shape index (κ2) is 6.85. The van der Waals surface area contributed by atoms with E-state index in [1.807, 2.05) is 13.0 Å². The van der Waals surface area contributed by atoms with Crippen LogP contribution in [-0.2, 0) is 14.4 Å². The maximum Gasteiger partial charge on any atom is 0.309 e. The van der Waals surface area contributed by atoms with Gasteiger partial charge in [0.1, 0.15) is 5.78 Å². The fraction of sp³-hybridized carbons (Fsp3) is 0.833. The number of hydrogen-bond donors (Lipinski definition) is 1. The Labute approximate surface area is 205 Å². The van der Waals surface area contributed by atoms with Gasteiger partial charge in [-0.2, -0.15) is 0 Å². The highest BCUT2D eigenvalue weighted by atomic mass is 16.4. The summed E-state index contributed by atoms with van der Waals surface area (Å²) in [5.74, 6) is 0.222. The average molecular weight is 469 g/mol. The molecule has 0 aromatic carbocycles. The molecule has 0 aliphatic heterocycles. The first-order chi connectivity index (χ1) is 15.6. The molecule has 1 N–H and O–H groups in total. The van der Waals surface area contributed by atoms with Gasteiger partial charge in [-0.25, -0.2) is 0 Å². The van der Waals surface area contributed by atoms with Crippen molar-refractivity contribution >= 4 is 17.5 Å². The van der Waals surface area contributed by atoms with Crippen LogP contribution in [0.5, 0.6) is 0 Å². The third-order valence-electron chi connectivity index (χ3n) is 12.8. The Morgan fingerprint density at radius 1 is 0.912 bits per heavy atom. The number of rotatable bonds is 1. The van der Waals surface area contributed by atoms with Crippen molar-refractivity contribution in [1.82, 2.24) is 0 Å². The van der Waals surface area contributed by atoms with E-state index < -0.39 is 11.4 Å². The van der Waals surface area contributed by atoms with E-state index in [1.165, 1.54) is 5.57 Å². The van der Waals surface area contributed by atoms with Gasteiger partial charge in [-0.05, 0) is 97.9 Å². The van der Waals surface area contributed by atoms with Gasteiger partial charge in [-0.3, -0.25) is 14.4 Å². The Balaban J connectivity index is 1.63. The van der Waals surface area contributed by atoms with Crippen LogP contribution in [0.3, 0.4) is 0 Å². The van der Waals surface area contributed by atoms with Gasteiger partial charge in [0.25, 0.3) is 0 Å². The van der Waals surface area contributed by atoms with Crippen LogP contribution in [0.2, 0.25) is 0 Å². The lowest BCUT2D eigenvalue weighted by molar-refractivity contribution is -0.188. The molecule has 4 nitrogen and oxygen atoms in total. The molecule has 8 atom stereocenters. The number of fused-ring (bicyclic) bond motifs is 7. The molecule has 0 aromatic heterocycles. The predicted octanol–water partition coefficient (Wildman–Crippen LogP) is 6.62. The molecule has 4 heteroatoms. The molecular formula is C30H44O4. The highest BCUT2D eigenvalue weighted by Crippen LogP contribution is 2.74.